The highest BCUT2D eigenvalue weighted by Crippen LogP contribution is 2.29. The number of nitrogens with zero attached hydrogens (tertiary/aromatic N) is 1. The van der Waals surface area contributed by atoms with Crippen LogP contribution in [-0.4, -0.2) is 23.7 Å². The maximum atomic E-state index is 12.6. The molecule has 5 nitrogen and oxygen atoms in total. The molecule has 0 bridgehead atoms. The average molecular weight is 375 g/mol. The van der Waals surface area contributed by atoms with Gasteiger partial charge in [0.2, 0.25) is 0 Å². The molecule has 1 aliphatic carbocycles. The number of para-hydroxylation sites is 1. The van der Waals surface area contributed by atoms with Gasteiger partial charge in [0.25, 0.3) is 5.91 Å². The maximum absolute atomic E-state index is 12.6. The lowest BCUT2D eigenvalue weighted by Crippen LogP contribution is -2.17. The van der Waals surface area contributed by atoms with Crippen molar-refractivity contribution in [3.8, 4) is 5.75 Å². The molecule has 5 heteroatoms. The Kier molecular flexibility index (Phi) is 5.42. The Balaban J connectivity index is 1.49. The predicted octanol–water partition coefficient (Wildman–Crippen LogP) is 4.60. The first-order valence-corrected chi connectivity index (χ1v) is 9.95. The maximum Gasteiger partial charge on any atom is 0.271 e. The van der Waals surface area contributed by atoms with E-state index in [-0.39, 0.29) is 5.91 Å². The fraction of sp³-hybridized carbons (Fsp3) is 0.304. The van der Waals surface area contributed by atoms with Gasteiger partial charge in [-0.05, 0) is 68.0 Å². The summed E-state index contributed by atoms with van der Waals surface area (Å²) in [6, 6.07) is 13.5. The van der Waals surface area contributed by atoms with Crippen LogP contribution in [-0.2, 0) is 12.8 Å². The Bertz CT molecular complexity index is 1020. The van der Waals surface area contributed by atoms with Gasteiger partial charge < -0.3 is 9.72 Å². The molecule has 0 aliphatic heterocycles. The van der Waals surface area contributed by atoms with E-state index in [9.17, 15) is 4.79 Å². The van der Waals surface area contributed by atoms with Crippen molar-refractivity contribution in [1.82, 2.24) is 10.4 Å². The lowest BCUT2D eigenvalue weighted by molar-refractivity contribution is 0.0955. The number of hydrogen-bond donors (Lipinski definition) is 2. The van der Waals surface area contributed by atoms with Gasteiger partial charge in [-0.3, -0.25) is 4.79 Å². The predicted molar refractivity (Wildman–Crippen MR) is 112 cm³/mol. The van der Waals surface area contributed by atoms with Crippen LogP contribution in [0.5, 0.6) is 5.75 Å². The number of fused-ring (bicyclic) bond motifs is 3. The summed E-state index contributed by atoms with van der Waals surface area (Å²) in [7, 11) is 0. The van der Waals surface area contributed by atoms with Crippen molar-refractivity contribution in [2.75, 3.05) is 6.61 Å². The molecule has 2 N–H and O–H groups in total. The number of amides is 1. The zero-order valence-corrected chi connectivity index (χ0v) is 16.1. The summed E-state index contributed by atoms with van der Waals surface area (Å²) >= 11 is 0. The van der Waals surface area contributed by atoms with Crippen molar-refractivity contribution in [2.24, 2.45) is 5.10 Å². The van der Waals surface area contributed by atoms with Crippen LogP contribution in [0.25, 0.3) is 10.9 Å². The normalized spacial score (nSPS) is 13.6. The molecule has 0 unspecified atom stereocenters. The molecular formula is C23H25N3O2. The lowest BCUT2D eigenvalue weighted by atomic mass is 9.95. The molecule has 1 aliphatic rings. The first-order valence-electron chi connectivity index (χ1n) is 9.95. The van der Waals surface area contributed by atoms with E-state index in [1.807, 2.05) is 42.5 Å². The van der Waals surface area contributed by atoms with Crippen molar-refractivity contribution >= 4 is 23.0 Å². The SMILES string of the molecule is CCCOc1ccccc1/C=N/NC(=O)c1ccc2[nH]c3c(c2c1)CCCC3. The van der Waals surface area contributed by atoms with Crippen molar-refractivity contribution in [1.29, 1.82) is 0 Å². The summed E-state index contributed by atoms with van der Waals surface area (Å²) in [5, 5.41) is 5.29. The Morgan fingerprint density at radius 1 is 1.21 bits per heavy atom. The average Bonchev–Trinajstić information content (AvgIpc) is 3.11. The molecule has 0 saturated heterocycles. The van der Waals surface area contributed by atoms with Crippen LogP contribution in [0.3, 0.4) is 0 Å². The topological polar surface area (TPSA) is 66.5 Å². The molecule has 28 heavy (non-hydrogen) atoms. The van der Waals surface area contributed by atoms with Crippen molar-refractivity contribution in [2.45, 2.75) is 39.0 Å². The van der Waals surface area contributed by atoms with Gasteiger partial charge in [0.05, 0.1) is 12.8 Å². The van der Waals surface area contributed by atoms with E-state index in [0.29, 0.717) is 12.2 Å². The summed E-state index contributed by atoms with van der Waals surface area (Å²) in [6.07, 6.45) is 7.17. The molecule has 4 rings (SSSR count). The standard InChI is InChI=1S/C23H25N3O2/c1-2-13-28-22-10-6-3-7-17(22)15-24-26-23(27)16-11-12-21-19(14-16)18-8-4-5-9-20(18)25-21/h3,6-7,10-12,14-15,25H,2,4-5,8-9,13H2,1H3,(H,26,27)/b24-15+. The first kappa shape index (κ1) is 18.3. The van der Waals surface area contributed by atoms with Crippen LogP contribution in [0.15, 0.2) is 47.6 Å². The third-order valence-electron chi connectivity index (χ3n) is 5.11. The highest BCUT2D eigenvalue weighted by Gasteiger charge is 2.16. The minimum atomic E-state index is -0.212. The van der Waals surface area contributed by atoms with Gasteiger partial charge in [-0.15, -0.1) is 0 Å². The van der Waals surface area contributed by atoms with Crippen LogP contribution in [0.1, 0.15) is 53.4 Å². The zero-order valence-electron chi connectivity index (χ0n) is 16.1. The number of aromatic nitrogens is 1. The molecule has 0 fully saturated rings. The van der Waals surface area contributed by atoms with Gasteiger partial charge in [0.1, 0.15) is 5.75 Å². The summed E-state index contributed by atoms with van der Waals surface area (Å²) in [6.45, 7) is 2.72. The Labute approximate surface area is 164 Å². The van der Waals surface area contributed by atoms with Crippen LogP contribution >= 0.6 is 0 Å². The highest BCUT2D eigenvalue weighted by atomic mass is 16.5. The smallest absolute Gasteiger partial charge is 0.271 e. The number of hydrogen-bond acceptors (Lipinski definition) is 3. The summed E-state index contributed by atoms with van der Waals surface area (Å²) in [5.74, 6) is 0.554. The lowest BCUT2D eigenvalue weighted by Gasteiger charge is -2.10. The van der Waals surface area contributed by atoms with E-state index in [1.165, 1.54) is 24.1 Å². The molecule has 3 aromatic rings. The fourth-order valence-corrected chi connectivity index (χ4v) is 3.70. The molecule has 0 saturated carbocycles. The first-order chi connectivity index (χ1) is 13.8. The molecule has 1 heterocycles. The number of carbonyl (C=O) groups is 1. The second kappa shape index (κ2) is 8.30. The third-order valence-corrected chi connectivity index (χ3v) is 5.11. The van der Waals surface area contributed by atoms with E-state index in [1.54, 1.807) is 6.21 Å². The molecule has 144 valence electrons. The molecule has 0 radical (unpaired) electrons. The Hall–Kier alpha value is -3.08. The zero-order chi connectivity index (χ0) is 19.3. The monoisotopic (exact) mass is 375 g/mol. The van der Waals surface area contributed by atoms with Crippen molar-refractivity contribution in [3.63, 3.8) is 0 Å². The minimum absolute atomic E-state index is 0.212. The van der Waals surface area contributed by atoms with E-state index in [0.717, 1.165) is 41.5 Å². The Morgan fingerprint density at radius 2 is 2.07 bits per heavy atom. The van der Waals surface area contributed by atoms with Crippen molar-refractivity contribution < 1.29 is 9.53 Å². The van der Waals surface area contributed by atoms with E-state index >= 15 is 0 Å². The number of aromatic amines is 1. The van der Waals surface area contributed by atoms with Gasteiger partial charge in [-0.25, -0.2) is 5.43 Å². The fourth-order valence-electron chi connectivity index (χ4n) is 3.70. The number of nitrogens with one attached hydrogen (secondary N) is 2. The number of aryl methyl sites for hydroxylation is 2. The molecule has 1 amide bonds. The van der Waals surface area contributed by atoms with Gasteiger partial charge in [0, 0.05) is 27.7 Å². The largest absolute Gasteiger partial charge is 0.493 e. The number of rotatable bonds is 6. The van der Waals surface area contributed by atoms with Gasteiger partial charge >= 0.3 is 0 Å². The number of H-pyrrole nitrogens is 1. The van der Waals surface area contributed by atoms with E-state index < -0.39 is 0 Å². The molecule has 1 aromatic heterocycles. The highest BCUT2D eigenvalue weighted by molar-refractivity contribution is 5.99. The molecule has 0 spiro atoms. The van der Waals surface area contributed by atoms with Gasteiger partial charge in [0.15, 0.2) is 0 Å². The van der Waals surface area contributed by atoms with E-state index in [4.69, 9.17) is 4.74 Å². The molecular weight excluding hydrogens is 350 g/mol. The second-order valence-corrected chi connectivity index (χ2v) is 7.13. The van der Waals surface area contributed by atoms with Crippen LogP contribution < -0.4 is 10.2 Å². The number of ether oxygens (including phenoxy) is 1. The van der Waals surface area contributed by atoms with Crippen LogP contribution in [0.2, 0.25) is 0 Å². The quantitative estimate of drug-likeness (QED) is 0.488. The number of hydrazone groups is 1. The summed E-state index contributed by atoms with van der Waals surface area (Å²) in [4.78, 5) is 16.1. The van der Waals surface area contributed by atoms with E-state index in [2.05, 4.69) is 22.4 Å². The van der Waals surface area contributed by atoms with Crippen molar-refractivity contribution in [3.05, 3.63) is 64.8 Å². The molecule has 0 atom stereocenters. The Morgan fingerprint density at radius 3 is 2.96 bits per heavy atom. The second-order valence-electron chi connectivity index (χ2n) is 7.13. The van der Waals surface area contributed by atoms with Crippen LogP contribution in [0.4, 0.5) is 0 Å². The molecule has 2 aromatic carbocycles. The number of carbonyl (C=O) groups excluding carboxylic acids is 1. The third kappa shape index (κ3) is 3.79. The summed E-state index contributed by atoms with van der Waals surface area (Å²) in [5.41, 5.74) is 7.88. The van der Waals surface area contributed by atoms with Crippen LogP contribution in [0, 0.1) is 0 Å². The van der Waals surface area contributed by atoms with Gasteiger partial charge in [-0.2, -0.15) is 5.10 Å². The minimum Gasteiger partial charge on any atom is -0.493 e. The number of benzene rings is 2. The van der Waals surface area contributed by atoms with Gasteiger partial charge in [-0.1, -0.05) is 19.1 Å². The summed E-state index contributed by atoms with van der Waals surface area (Å²) < 4.78 is 5.71.